The fraction of sp³-hybridized carbons (Fsp3) is 0.259. The van der Waals surface area contributed by atoms with Crippen LogP contribution < -0.4 is 11.5 Å². The minimum absolute atomic E-state index is 0.304. The summed E-state index contributed by atoms with van der Waals surface area (Å²) >= 11 is 9.34. The second-order valence-electron chi connectivity index (χ2n) is 10.1. The molecule has 4 N–H and O–H groups in total. The zero-order chi connectivity index (χ0) is 24.0. The molecule has 0 atom stereocenters. The lowest BCUT2D eigenvalue weighted by Gasteiger charge is -2.15. The number of nitrogens with two attached hydrogens (primary N) is 2. The molecule has 0 spiro atoms. The summed E-state index contributed by atoms with van der Waals surface area (Å²) in [6.45, 7) is 10.5. The number of benzene rings is 1. The van der Waals surface area contributed by atoms with Crippen molar-refractivity contribution >= 4 is 86.9 Å². The zero-order valence-corrected chi connectivity index (χ0v) is 23.8. The van der Waals surface area contributed by atoms with Crippen LogP contribution in [0.4, 0.5) is 0 Å². The minimum Gasteiger partial charge on any atom is -0.321 e. The van der Waals surface area contributed by atoms with Gasteiger partial charge in [-0.15, -0.1) is 56.7 Å². The van der Waals surface area contributed by atoms with Gasteiger partial charge in [0, 0.05) is 66.1 Å². The third-order valence-corrected chi connectivity index (χ3v) is 12.8. The number of hydrogen-bond donors (Lipinski definition) is 2. The Bertz CT molecular complexity index is 1690. The van der Waals surface area contributed by atoms with E-state index in [1.165, 1.54) is 64.4 Å². The van der Waals surface area contributed by atoms with Crippen molar-refractivity contribution in [3.8, 4) is 19.5 Å². The number of thiophene rings is 5. The standard InChI is InChI=1S/C27H26N2S5/c1-13-10-14-15-11-20(19-7-6-17(31-19)18-8-9-21(32-18)26(2,3)28)33-24(15)25-16(23(14)30-13)12-22(34-25)27(4,5)29/h6-12H,28-29H2,1-5H3. The van der Waals surface area contributed by atoms with Crippen LogP contribution in [0.1, 0.15) is 42.3 Å². The number of rotatable bonds is 4. The van der Waals surface area contributed by atoms with Crippen LogP contribution in [0.3, 0.4) is 0 Å². The van der Waals surface area contributed by atoms with Crippen LogP contribution in [0.15, 0.2) is 42.5 Å². The molecule has 0 aliphatic heterocycles. The molecule has 0 aliphatic carbocycles. The van der Waals surface area contributed by atoms with Crippen LogP contribution in [0.5, 0.6) is 0 Å². The molecule has 5 aromatic heterocycles. The predicted molar refractivity (Wildman–Crippen MR) is 158 cm³/mol. The van der Waals surface area contributed by atoms with Gasteiger partial charge in [0.2, 0.25) is 0 Å². The van der Waals surface area contributed by atoms with Crippen molar-refractivity contribution < 1.29 is 0 Å². The van der Waals surface area contributed by atoms with Crippen LogP contribution in [0, 0.1) is 6.92 Å². The Morgan fingerprint density at radius 1 is 0.529 bits per heavy atom. The van der Waals surface area contributed by atoms with E-state index in [9.17, 15) is 0 Å². The van der Waals surface area contributed by atoms with Gasteiger partial charge in [-0.1, -0.05) is 0 Å². The molecule has 5 heterocycles. The monoisotopic (exact) mass is 538 g/mol. The molecular formula is C27H26N2S5. The highest BCUT2D eigenvalue weighted by atomic mass is 32.1. The van der Waals surface area contributed by atoms with Crippen LogP contribution in [0.2, 0.25) is 0 Å². The van der Waals surface area contributed by atoms with Crippen LogP contribution in [0.25, 0.3) is 49.8 Å². The molecule has 0 aliphatic rings. The van der Waals surface area contributed by atoms with E-state index in [2.05, 4.69) is 77.1 Å². The van der Waals surface area contributed by atoms with Crippen molar-refractivity contribution in [3.05, 3.63) is 57.1 Å². The summed E-state index contributed by atoms with van der Waals surface area (Å²) in [5.74, 6) is 0. The van der Waals surface area contributed by atoms with E-state index < -0.39 is 0 Å². The number of hydrogen-bond acceptors (Lipinski definition) is 7. The maximum Gasteiger partial charge on any atom is 0.0539 e. The van der Waals surface area contributed by atoms with Gasteiger partial charge in [-0.05, 0) is 77.1 Å². The summed E-state index contributed by atoms with van der Waals surface area (Å²) in [6, 6.07) is 16.0. The summed E-state index contributed by atoms with van der Waals surface area (Å²) in [5, 5.41) is 4.10. The molecule has 7 heteroatoms. The molecule has 0 radical (unpaired) electrons. The van der Waals surface area contributed by atoms with Gasteiger partial charge < -0.3 is 11.5 Å². The van der Waals surface area contributed by atoms with Gasteiger partial charge in [0.25, 0.3) is 0 Å². The summed E-state index contributed by atoms with van der Waals surface area (Å²) in [5.41, 5.74) is 12.2. The Morgan fingerprint density at radius 2 is 1.12 bits per heavy atom. The first-order valence-electron chi connectivity index (χ1n) is 11.2. The second-order valence-corrected chi connectivity index (χ2v) is 15.6. The molecule has 0 fully saturated rings. The summed E-state index contributed by atoms with van der Waals surface area (Å²) in [6.07, 6.45) is 0. The van der Waals surface area contributed by atoms with E-state index >= 15 is 0 Å². The van der Waals surface area contributed by atoms with Gasteiger partial charge in [-0.2, -0.15) is 0 Å². The Hall–Kier alpha value is -1.58. The van der Waals surface area contributed by atoms with Gasteiger partial charge in [0.15, 0.2) is 0 Å². The lowest BCUT2D eigenvalue weighted by Crippen LogP contribution is -2.27. The highest BCUT2D eigenvalue weighted by molar-refractivity contribution is 7.32. The minimum atomic E-state index is -0.338. The first-order valence-corrected chi connectivity index (χ1v) is 15.3. The highest BCUT2D eigenvalue weighted by Crippen LogP contribution is 2.50. The molecule has 0 amide bonds. The predicted octanol–water partition coefficient (Wildman–Crippen LogP) is 9.48. The Morgan fingerprint density at radius 3 is 1.79 bits per heavy atom. The molecule has 6 rings (SSSR count). The van der Waals surface area contributed by atoms with Gasteiger partial charge >= 0.3 is 0 Å². The lowest BCUT2D eigenvalue weighted by atomic mass is 10.0. The van der Waals surface area contributed by atoms with Crippen LogP contribution in [-0.2, 0) is 11.1 Å². The summed E-state index contributed by atoms with van der Waals surface area (Å²) in [4.78, 5) is 9.06. The van der Waals surface area contributed by atoms with Gasteiger partial charge in [-0.25, -0.2) is 0 Å². The van der Waals surface area contributed by atoms with Crippen molar-refractivity contribution in [3.63, 3.8) is 0 Å². The molecule has 0 saturated carbocycles. The van der Waals surface area contributed by atoms with Crippen molar-refractivity contribution in [1.82, 2.24) is 0 Å². The molecular weight excluding hydrogens is 513 g/mol. The van der Waals surface area contributed by atoms with E-state index in [4.69, 9.17) is 11.5 Å². The van der Waals surface area contributed by atoms with E-state index in [1.807, 2.05) is 45.3 Å². The molecule has 2 nitrogen and oxygen atoms in total. The van der Waals surface area contributed by atoms with Crippen molar-refractivity contribution in [2.45, 2.75) is 45.7 Å². The van der Waals surface area contributed by atoms with E-state index in [0.717, 1.165) is 0 Å². The summed E-state index contributed by atoms with van der Waals surface area (Å²) in [7, 11) is 0. The molecule has 34 heavy (non-hydrogen) atoms. The first kappa shape index (κ1) is 22.9. The number of fused-ring (bicyclic) bond motifs is 6. The van der Waals surface area contributed by atoms with Gasteiger partial charge in [0.1, 0.15) is 0 Å². The molecule has 0 saturated heterocycles. The third kappa shape index (κ3) is 3.69. The van der Waals surface area contributed by atoms with Gasteiger partial charge in [-0.3, -0.25) is 0 Å². The van der Waals surface area contributed by atoms with E-state index in [0.29, 0.717) is 0 Å². The van der Waals surface area contributed by atoms with Crippen molar-refractivity contribution in [2.75, 3.05) is 0 Å². The molecule has 174 valence electrons. The largest absolute Gasteiger partial charge is 0.321 e. The Labute approximate surface area is 219 Å². The average molecular weight is 539 g/mol. The summed E-state index contributed by atoms with van der Waals surface area (Å²) < 4.78 is 4.14. The first-order chi connectivity index (χ1) is 16.0. The smallest absolute Gasteiger partial charge is 0.0539 e. The van der Waals surface area contributed by atoms with Crippen LogP contribution >= 0.6 is 56.7 Å². The van der Waals surface area contributed by atoms with Crippen molar-refractivity contribution in [2.24, 2.45) is 11.5 Å². The lowest BCUT2D eigenvalue weighted by molar-refractivity contribution is 0.567. The zero-order valence-electron chi connectivity index (χ0n) is 19.7. The van der Waals surface area contributed by atoms with E-state index in [-0.39, 0.29) is 11.1 Å². The third-order valence-electron chi connectivity index (χ3n) is 6.03. The number of aryl methyl sites for hydroxylation is 1. The Kier molecular flexibility index (Phi) is 5.18. The molecule has 0 bridgehead atoms. The quantitative estimate of drug-likeness (QED) is 0.235. The molecule has 6 aromatic rings. The fourth-order valence-corrected chi connectivity index (χ4v) is 10.1. The van der Waals surface area contributed by atoms with Gasteiger partial charge in [0.05, 0.1) is 9.40 Å². The fourth-order valence-electron chi connectivity index (χ4n) is 4.26. The normalized spacial score (nSPS) is 13.1. The average Bonchev–Trinajstić information content (AvgIpc) is 3.53. The molecule has 0 unspecified atom stereocenters. The van der Waals surface area contributed by atoms with E-state index in [1.54, 1.807) is 11.3 Å². The maximum atomic E-state index is 6.51. The highest BCUT2D eigenvalue weighted by Gasteiger charge is 2.23. The maximum absolute atomic E-state index is 6.51. The van der Waals surface area contributed by atoms with Crippen LogP contribution in [-0.4, -0.2) is 0 Å². The second kappa shape index (κ2) is 7.71. The topological polar surface area (TPSA) is 52.0 Å². The van der Waals surface area contributed by atoms with Crippen molar-refractivity contribution in [1.29, 1.82) is 0 Å². The SMILES string of the molecule is Cc1cc2c3cc(-c4ccc(-c5ccc(C(C)(C)N)s5)s4)sc3c3sc(C(C)(C)N)cc3c2s1. The molecule has 1 aromatic carbocycles. The Balaban J connectivity index is 1.52.